The Hall–Kier alpha value is -1.74. The van der Waals surface area contributed by atoms with Gasteiger partial charge in [-0.15, -0.1) is 22.7 Å². The lowest BCUT2D eigenvalue weighted by Crippen LogP contribution is -3.12. The number of quaternary nitrogens is 1. The molecular weight excluding hydrogens is 358 g/mol. The summed E-state index contributed by atoms with van der Waals surface area (Å²) in [4.78, 5) is 26.3. The number of carbonyl (C=O) groups excluding carboxylic acids is 2. The fourth-order valence-electron chi connectivity index (χ4n) is 2.99. The minimum Gasteiger partial charge on any atom is -0.372 e. The van der Waals surface area contributed by atoms with E-state index in [-0.39, 0.29) is 12.0 Å². The minimum atomic E-state index is -0.529. The zero-order valence-electron chi connectivity index (χ0n) is 13.8. The molecule has 1 aliphatic rings. The molecule has 0 radical (unpaired) electrons. The Morgan fingerprint density at radius 2 is 2.20 bits per heavy atom. The Morgan fingerprint density at radius 1 is 1.32 bits per heavy atom. The minimum absolute atomic E-state index is 0.116. The third kappa shape index (κ3) is 5.12. The van der Waals surface area contributed by atoms with Crippen molar-refractivity contribution in [3.8, 4) is 0 Å². The van der Waals surface area contributed by atoms with Crippen molar-refractivity contribution in [2.45, 2.75) is 25.5 Å². The molecule has 0 aliphatic carbocycles. The number of thiophene rings is 2. The van der Waals surface area contributed by atoms with Gasteiger partial charge in [-0.2, -0.15) is 0 Å². The van der Waals surface area contributed by atoms with Crippen molar-refractivity contribution in [1.82, 2.24) is 0 Å². The first-order chi connectivity index (χ1) is 12.1. The molecule has 1 unspecified atom stereocenters. The molecular formula is C17H22N3O3S2+. The van der Waals surface area contributed by atoms with Crippen molar-refractivity contribution in [2.24, 2.45) is 5.73 Å². The lowest BCUT2D eigenvalue weighted by Gasteiger charge is -2.21. The lowest BCUT2D eigenvalue weighted by atomic mass is 10.2. The molecule has 1 fully saturated rings. The molecule has 3 heterocycles. The highest BCUT2D eigenvalue weighted by Crippen LogP contribution is 2.22. The maximum atomic E-state index is 12.5. The average Bonchev–Trinajstić information content (AvgIpc) is 3.28. The normalized spacial score (nSPS) is 18.2. The summed E-state index contributed by atoms with van der Waals surface area (Å²) in [6.07, 6.45) is 2.35. The first-order valence-electron chi connectivity index (χ1n) is 8.26. The topological polar surface area (TPSA) is 85.9 Å². The maximum absolute atomic E-state index is 12.5. The molecule has 1 aliphatic heterocycles. The van der Waals surface area contributed by atoms with Gasteiger partial charge in [-0.3, -0.25) is 9.59 Å². The van der Waals surface area contributed by atoms with Gasteiger partial charge >= 0.3 is 0 Å². The first kappa shape index (κ1) is 18.1. The summed E-state index contributed by atoms with van der Waals surface area (Å²) >= 11 is 3.00. The largest absolute Gasteiger partial charge is 0.372 e. The zero-order chi connectivity index (χ0) is 17.6. The summed E-state index contributed by atoms with van der Waals surface area (Å²) in [5.41, 5.74) is 5.69. The Labute approximate surface area is 154 Å². The van der Waals surface area contributed by atoms with Gasteiger partial charge in [0, 0.05) is 6.61 Å². The van der Waals surface area contributed by atoms with Crippen molar-refractivity contribution in [3.05, 3.63) is 39.4 Å². The van der Waals surface area contributed by atoms with E-state index in [1.807, 2.05) is 11.4 Å². The van der Waals surface area contributed by atoms with E-state index in [9.17, 15) is 9.59 Å². The van der Waals surface area contributed by atoms with Crippen molar-refractivity contribution in [2.75, 3.05) is 25.0 Å². The second-order valence-electron chi connectivity index (χ2n) is 6.10. The third-order valence-electron chi connectivity index (χ3n) is 4.14. The number of ether oxygens (including phenoxy) is 1. The highest BCUT2D eigenvalue weighted by Gasteiger charge is 2.25. The molecule has 6 nitrogen and oxygen atoms in total. The second kappa shape index (κ2) is 8.57. The predicted octanol–water partition coefficient (Wildman–Crippen LogP) is 1.11. The molecule has 0 spiro atoms. The van der Waals surface area contributed by atoms with Crippen LogP contribution in [-0.2, 0) is 16.1 Å². The van der Waals surface area contributed by atoms with Crippen LogP contribution in [0.5, 0.6) is 0 Å². The van der Waals surface area contributed by atoms with Gasteiger partial charge in [0.25, 0.3) is 11.8 Å². The van der Waals surface area contributed by atoms with Crippen LogP contribution < -0.4 is 16.0 Å². The lowest BCUT2D eigenvalue weighted by molar-refractivity contribution is -0.908. The molecule has 2 aromatic rings. The van der Waals surface area contributed by atoms with E-state index < -0.39 is 5.91 Å². The van der Waals surface area contributed by atoms with Crippen molar-refractivity contribution < 1.29 is 19.2 Å². The number of amides is 2. The van der Waals surface area contributed by atoms with E-state index in [1.165, 1.54) is 16.2 Å². The summed E-state index contributed by atoms with van der Waals surface area (Å²) < 4.78 is 5.73. The number of hydrogen-bond donors (Lipinski definition) is 3. The molecule has 134 valence electrons. The van der Waals surface area contributed by atoms with Crippen molar-refractivity contribution in [3.63, 3.8) is 0 Å². The number of hydrogen-bond acceptors (Lipinski definition) is 5. The molecule has 0 bridgehead atoms. The Morgan fingerprint density at radius 3 is 2.88 bits per heavy atom. The molecule has 25 heavy (non-hydrogen) atoms. The van der Waals surface area contributed by atoms with Crippen LogP contribution in [0.4, 0.5) is 5.00 Å². The molecule has 2 atom stereocenters. The summed E-state index contributed by atoms with van der Waals surface area (Å²) in [5.74, 6) is -0.645. The van der Waals surface area contributed by atoms with E-state index in [4.69, 9.17) is 10.5 Å². The van der Waals surface area contributed by atoms with E-state index in [1.54, 1.807) is 22.8 Å². The molecule has 2 amide bonds. The summed E-state index contributed by atoms with van der Waals surface area (Å²) in [7, 11) is 0. The summed E-state index contributed by atoms with van der Waals surface area (Å²) in [6.45, 7) is 2.73. The average molecular weight is 381 g/mol. The maximum Gasteiger partial charge on any atom is 0.280 e. The Kier molecular flexibility index (Phi) is 6.19. The fraction of sp³-hybridized carbons (Fsp3) is 0.412. The highest BCUT2D eigenvalue weighted by molar-refractivity contribution is 7.14. The monoisotopic (exact) mass is 380 g/mol. The smallest absolute Gasteiger partial charge is 0.280 e. The van der Waals surface area contributed by atoms with Crippen LogP contribution in [0.2, 0.25) is 0 Å². The highest BCUT2D eigenvalue weighted by atomic mass is 32.1. The van der Waals surface area contributed by atoms with Crippen LogP contribution in [-0.4, -0.2) is 37.6 Å². The van der Waals surface area contributed by atoms with E-state index >= 15 is 0 Å². The van der Waals surface area contributed by atoms with Gasteiger partial charge in [0.05, 0.1) is 10.4 Å². The third-order valence-corrected chi connectivity index (χ3v) is 5.85. The van der Waals surface area contributed by atoms with E-state index in [2.05, 4.69) is 11.4 Å². The van der Waals surface area contributed by atoms with Crippen molar-refractivity contribution >= 4 is 39.5 Å². The SMILES string of the molecule is NC(=O)c1ccsc1NC(=O)C[NH+](Cc1cccs1)C[C@@H]1CCCO1. The number of carbonyl (C=O) groups is 2. The summed E-state index contributed by atoms with van der Waals surface area (Å²) in [6, 6.07) is 5.74. The fourth-order valence-corrected chi connectivity index (χ4v) is 4.58. The molecule has 3 rings (SSSR count). The van der Waals surface area contributed by atoms with E-state index in [0.29, 0.717) is 17.1 Å². The Bertz CT molecular complexity index is 709. The number of nitrogens with one attached hydrogen (secondary N) is 2. The summed E-state index contributed by atoms with van der Waals surface area (Å²) in [5, 5.41) is 7.14. The standard InChI is InChI=1S/C17H21N3O3S2/c18-16(22)14-5-8-25-17(14)19-15(21)11-20(9-12-3-1-6-23-12)10-13-4-2-7-24-13/h2,4-5,7-8,12H,1,3,6,9-11H2,(H2,18,22)(H,19,21)/p+1/t12-/m0/s1. The second-order valence-corrected chi connectivity index (χ2v) is 8.05. The zero-order valence-corrected chi connectivity index (χ0v) is 15.5. The van der Waals surface area contributed by atoms with Gasteiger partial charge in [0.15, 0.2) is 6.54 Å². The van der Waals surface area contributed by atoms with Crippen LogP contribution in [0.15, 0.2) is 29.0 Å². The number of rotatable bonds is 8. The Balaban J connectivity index is 1.62. The van der Waals surface area contributed by atoms with Gasteiger partial charge in [-0.25, -0.2) is 0 Å². The van der Waals surface area contributed by atoms with Crippen LogP contribution in [0, 0.1) is 0 Å². The predicted molar refractivity (Wildman–Crippen MR) is 99.2 cm³/mol. The van der Waals surface area contributed by atoms with Crippen LogP contribution in [0.25, 0.3) is 0 Å². The van der Waals surface area contributed by atoms with Crippen molar-refractivity contribution in [1.29, 1.82) is 0 Å². The van der Waals surface area contributed by atoms with Gasteiger partial charge < -0.3 is 20.7 Å². The van der Waals surface area contributed by atoms with Crippen LogP contribution in [0.1, 0.15) is 28.1 Å². The molecule has 8 heteroatoms. The molecule has 1 saturated heterocycles. The van der Waals surface area contributed by atoms with Crippen LogP contribution in [0.3, 0.4) is 0 Å². The molecule has 4 N–H and O–H groups in total. The number of nitrogens with two attached hydrogens (primary N) is 1. The molecule has 0 saturated carbocycles. The van der Waals surface area contributed by atoms with E-state index in [0.717, 1.165) is 37.4 Å². The first-order valence-corrected chi connectivity index (χ1v) is 10.0. The van der Waals surface area contributed by atoms with Gasteiger partial charge in [-0.05, 0) is 35.7 Å². The molecule has 2 aromatic heterocycles. The molecule has 0 aromatic carbocycles. The van der Waals surface area contributed by atoms with Gasteiger partial charge in [-0.1, -0.05) is 6.07 Å². The number of primary amides is 1. The van der Waals surface area contributed by atoms with Crippen LogP contribution >= 0.6 is 22.7 Å². The number of anilines is 1. The van der Waals surface area contributed by atoms with Gasteiger partial charge in [0.2, 0.25) is 0 Å². The quantitative estimate of drug-likeness (QED) is 0.641. The van der Waals surface area contributed by atoms with Gasteiger partial charge in [0.1, 0.15) is 24.2 Å².